The molecule has 0 saturated carbocycles. The smallest absolute Gasteiger partial charge is 0.418 e. The van der Waals surface area contributed by atoms with Crippen molar-refractivity contribution in [3.05, 3.63) is 47.2 Å². The molecule has 6 rings (SSSR count). The standard InChI is InChI=1S/C33H42N10O11S2/c1-32(2)26(28(46)43(32)54-56(49,50)51)40-27(45)25(22-16-55-30(35)39-22)41-53-33(3,29(47)48)24-7-5-19-8-18(4-6-23(19)52-24)20-12-37-31(38-13-21(44)9-34)42(15-20)14-17-10-36-11-17/h4,6,8,12,15-17,21,24,26,36,44H,5,7,9-11,13-14,34H2,1-3H3,(H5,35,39,40,45,47,48,49,50,51)/p+1/b41-25-/t21-,24+,26?,33-/m0/s1. The summed E-state index contributed by atoms with van der Waals surface area (Å²) in [6.45, 7) is 6.83. The number of nitrogens with one attached hydrogen (secondary N) is 3. The lowest BCUT2D eigenvalue weighted by Gasteiger charge is -2.50. The van der Waals surface area contributed by atoms with E-state index in [9.17, 15) is 33.0 Å². The van der Waals surface area contributed by atoms with Gasteiger partial charge in [-0.05, 0) is 56.9 Å². The first-order valence-corrected chi connectivity index (χ1v) is 19.7. The Morgan fingerprint density at radius 1 is 1.30 bits per heavy atom. The van der Waals surface area contributed by atoms with Crippen LogP contribution in [0.1, 0.15) is 38.4 Å². The lowest BCUT2D eigenvalue weighted by molar-refractivity contribution is -0.692. The summed E-state index contributed by atoms with van der Waals surface area (Å²) in [4.78, 5) is 53.4. The maximum Gasteiger partial charge on any atom is 0.418 e. The molecule has 2 aromatic heterocycles. The molecule has 0 radical (unpaired) electrons. The van der Waals surface area contributed by atoms with Crippen LogP contribution < -0.4 is 36.7 Å². The zero-order chi connectivity index (χ0) is 40.6. The number of β-lactam (4-membered cyclic amide) rings is 1. The predicted octanol–water partition coefficient (Wildman–Crippen LogP) is -1.18. The summed E-state index contributed by atoms with van der Waals surface area (Å²) in [6, 6.07) is 4.16. The number of ether oxygens (including phenoxy) is 1. The third-order valence-electron chi connectivity index (χ3n) is 9.79. The molecule has 2 fully saturated rings. The number of carboxylic acids is 1. The van der Waals surface area contributed by atoms with Crippen molar-refractivity contribution in [3.8, 4) is 16.9 Å². The van der Waals surface area contributed by atoms with Crippen LogP contribution in [0.5, 0.6) is 5.75 Å². The highest BCUT2D eigenvalue weighted by Gasteiger charge is 2.58. The van der Waals surface area contributed by atoms with Crippen LogP contribution in [0, 0.1) is 5.92 Å². The minimum Gasteiger partial charge on any atom is -0.485 e. The molecule has 0 aliphatic carbocycles. The summed E-state index contributed by atoms with van der Waals surface area (Å²) < 4.78 is 44.0. The molecule has 1 unspecified atom stereocenters. The summed E-state index contributed by atoms with van der Waals surface area (Å²) in [5.41, 5.74) is 9.66. The van der Waals surface area contributed by atoms with Gasteiger partial charge in [0.2, 0.25) is 0 Å². The minimum atomic E-state index is -5.04. The predicted molar refractivity (Wildman–Crippen MR) is 198 cm³/mol. The number of aliphatic carboxylic acids is 1. The molecule has 10 N–H and O–H groups in total. The number of fused-ring (bicyclic) bond motifs is 1. The van der Waals surface area contributed by atoms with Crippen LogP contribution in [0.15, 0.2) is 41.1 Å². The second-order valence-corrected chi connectivity index (χ2v) is 16.2. The van der Waals surface area contributed by atoms with E-state index in [2.05, 4.69) is 35.4 Å². The van der Waals surface area contributed by atoms with Crippen LogP contribution in [0.3, 0.4) is 0 Å². The molecule has 56 heavy (non-hydrogen) atoms. The molecular formula is C33H43N10O11S2+. The maximum atomic E-state index is 13.6. The van der Waals surface area contributed by atoms with Gasteiger partial charge in [0.25, 0.3) is 17.4 Å². The van der Waals surface area contributed by atoms with E-state index in [0.29, 0.717) is 35.6 Å². The number of hydrogen-bond acceptors (Lipinski definition) is 17. The van der Waals surface area contributed by atoms with Crippen LogP contribution in [-0.2, 0) is 46.9 Å². The highest BCUT2D eigenvalue weighted by molar-refractivity contribution is 7.80. The number of nitrogens with zero attached hydrogens (tertiary/aromatic N) is 5. The van der Waals surface area contributed by atoms with Gasteiger partial charge in [-0.25, -0.2) is 14.3 Å². The highest BCUT2D eigenvalue weighted by atomic mass is 32.3. The fraction of sp³-hybridized carbons (Fsp3) is 0.485. The van der Waals surface area contributed by atoms with Gasteiger partial charge in [0.1, 0.15) is 23.7 Å². The number of oxime groups is 1. The van der Waals surface area contributed by atoms with Crippen molar-refractivity contribution in [2.45, 2.75) is 69.5 Å². The van der Waals surface area contributed by atoms with Gasteiger partial charge >= 0.3 is 22.3 Å². The second kappa shape index (κ2) is 15.8. The van der Waals surface area contributed by atoms with E-state index in [1.807, 2.05) is 22.9 Å². The number of aryl methyl sites for hydroxylation is 1. The first-order valence-electron chi connectivity index (χ1n) is 17.4. The Balaban J connectivity index is 1.20. The number of aliphatic hydroxyl groups is 1. The Morgan fingerprint density at radius 2 is 2.05 bits per heavy atom. The Labute approximate surface area is 324 Å². The fourth-order valence-electron chi connectivity index (χ4n) is 6.30. The molecule has 4 atom stereocenters. The van der Waals surface area contributed by atoms with Crippen molar-refractivity contribution in [1.29, 1.82) is 0 Å². The van der Waals surface area contributed by atoms with Gasteiger partial charge in [0.15, 0.2) is 16.9 Å². The summed E-state index contributed by atoms with van der Waals surface area (Å²) in [5, 5.41) is 35.0. The average Bonchev–Trinajstić information content (AvgIpc) is 3.57. The average molecular weight is 820 g/mol. The first-order chi connectivity index (χ1) is 26.4. The third kappa shape index (κ3) is 8.52. The number of nitrogen functional groups attached to an aromatic ring is 1. The van der Waals surface area contributed by atoms with Gasteiger partial charge in [-0.15, -0.1) is 15.6 Å². The van der Waals surface area contributed by atoms with Crippen molar-refractivity contribution in [2.75, 3.05) is 37.2 Å². The van der Waals surface area contributed by atoms with E-state index in [1.165, 1.54) is 26.2 Å². The molecule has 2 saturated heterocycles. The van der Waals surface area contributed by atoms with Gasteiger partial charge in [0.05, 0.1) is 30.9 Å². The molecule has 3 aliphatic rings. The van der Waals surface area contributed by atoms with Crippen molar-refractivity contribution in [2.24, 2.45) is 16.8 Å². The Bertz CT molecular complexity index is 2150. The zero-order valence-electron chi connectivity index (χ0n) is 30.5. The number of aromatic nitrogens is 3. The van der Waals surface area contributed by atoms with Crippen LogP contribution >= 0.6 is 11.3 Å². The Kier molecular flexibility index (Phi) is 11.5. The third-order valence-corrected chi connectivity index (χ3v) is 10.8. The molecule has 2 amide bonds. The van der Waals surface area contributed by atoms with Gasteiger partial charge in [0, 0.05) is 36.5 Å². The molecular weight excluding hydrogens is 777 g/mol. The van der Waals surface area contributed by atoms with Crippen LogP contribution in [-0.4, -0.2) is 117 Å². The summed E-state index contributed by atoms with van der Waals surface area (Å²) >= 11 is 0.962. The lowest BCUT2D eigenvalue weighted by atomic mass is 9.84. The molecule has 0 bridgehead atoms. The van der Waals surface area contributed by atoms with Gasteiger partial charge < -0.3 is 41.9 Å². The molecule has 23 heteroatoms. The number of hydrogen-bond donors (Lipinski definition) is 8. The number of carbonyl (C=O) groups is 3. The van der Waals surface area contributed by atoms with E-state index in [-0.39, 0.29) is 30.3 Å². The topological polar surface area (TPSA) is 307 Å². The number of carbonyl (C=O) groups excluding carboxylic acids is 2. The number of anilines is 2. The molecule has 1 aromatic carbocycles. The summed E-state index contributed by atoms with van der Waals surface area (Å²) in [5.74, 6) is -2.02. The molecule has 5 heterocycles. The van der Waals surface area contributed by atoms with Crippen molar-refractivity contribution in [1.82, 2.24) is 25.7 Å². The summed E-state index contributed by atoms with van der Waals surface area (Å²) in [6.07, 6.45) is 2.50. The van der Waals surface area contributed by atoms with Crippen molar-refractivity contribution in [3.63, 3.8) is 0 Å². The molecule has 0 spiro atoms. The van der Waals surface area contributed by atoms with Crippen molar-refractivity contribution >= 4 is 56.3 Å². The van der Waals surface area contributed by atoms with Gasteiger partial charge in [-0.3, -0.25) is 19.5 Å². The van der Waals surface area contributed by atoms with E-state index in [1.54, 1.807) is 12.3 Å². The number of benzene rings is 1. The maximum absolute atomic E-state index is 13.6. The van der Waals surface area contributed by atoms with Gasteiger partial charge in [-0.1, -0.05) is 16.2 Å². The first kappa shape index (κ1) is 40.6. The van der Waals surface area contributed by atoms with Crippen LogP contribution in [0.4, 0.5) is 11.1 Å². The highest BCUT2D eigenvalue weighted by Crippen LogP contribution is 2.37. The number of hydroxylamine groups is 2. The molecule has 21 nitrogen and oxygen atoms in total. The van der Waals surface area contributed by atoms with Crippen LogP contribution in [0.25, 0.3) is 11.1 Å². The van der Waals surface area contributed by atoms with E-state index < -0.39 is 63.3 Å². The Hall–Kier alpha value is -5.04. The lowest BCUT2D eigenvalue weighted by Crippen LogP contribution is -2.76. The monoisotopic (exact) mass is 819 g/mol. The SMILES string of the molecule is CC1(C)C(NC(=O)/C(=N\O[C@](C)(C(=O)O)[C@H]2CCc3cc(-c4cnc(NC[C@@H](O)CN)[n+](CC5CNC5)c4)ccc3O2)c2csc(N)n2)C(=O)N1OS(=O)(=O)O. The molecule has 302 valence electrons. The van der Waals surface area contributed by atoms with Crippen LogP contribution in [0.2, 0.25) is 0 Å². The normalized spacial score (nSPS) is 21.1. The van der Waals surface area contributed by atoms with E-state index >= 15 is 0 Å². The number of thiazole rings is 1. The summed E-state index contributed by atoms with van der Waals surface area (Å²) in [7, 11) is -5.04. The second-order valence-electron chi connectivity index (χ2n) is 14.3. The number of carboxylic acid groups (broad SMARTS) is 1. The quantitative estimate of drug-likeness (QED) is 0.0277. The Morgan fingerprint density at radius 3 is 2.66 bits per heavy atom. The number of aliphatic hydroxyl groups excluding tert-OH is 1. The fourth-order valence-corrected chi connectivity index (χ4v) is 7.30. The molecule has 3 aliphatic heterocycles. The zero-order valence-corrected chi connectivity index (χ0v) is 32.2. The largest absolute Gasteiger partial charge is 0.485 e. The number of rotatable bonds is 16. The number of nitrogens with two attached hydrogens (primary N) is 2. The van der Waals surface area contributed by atoms with Crippen molar-refractivity contribution < 1.29 is 56.0 Å². The number of amides is 2. The van der Waals surface area contributed by atoms with E-state index in [0.717, 1.165) is 41.1 Å². The van der Waals surface area contributed by atoms with E-state index in [4.69, 9.17) is 25.6 Å². The molecule has 3 aromatic rings. The minimum absolute atomic E-state index is 0.0529. The van der Waals surface area contributed by atoms with Gasteiger partial charge in [-0.2, -0.15) is 13.5 Å².